The highest BCUT2D eigenvalue weighted by Crippen LogP contribution is 2.20. The molecular formula is C11H11N5. The van der Waals surface area contributed by atoms with Crippen LogP contribution in [0.3, 0.4) is 0 Å². The van der Waals surface area contributed by atoms with Gasteiger partial charge in [-0.25, -0.2) is 0 Å². The SMILES string of the molecule is Cc1nn2c(CN)nnc2c2ccccc12. The molecule has 2 heterocycles. The first-order valence-electron chi connectivity index (χ1n) is 5.11. The highest BCUT2D eigenvalue weighted by Gasteiger charge is 2.10. The minimum absolute atomic E-state index is 0.339. The molecule has 0 radical (unpaired) electrons. The van der Waals surface area contributed by atoms with Crippen molar-refractivity contribution in [3.05, 3.63) is 35.8 Å². The van der Waals surface area contributed by atoms with Crippen molar-refractivity contribution < 1.29 is 0 Å². The molecule has 0 aliphatic heterocycles. The molecule has 0 aliphatic carbocycles. The van der Waals surface area contributed by atoms with Gasteiger partial charge < -0.3 is 5.73 Å². The molecular weight excluding hydrogens is 202 g/mol. The smallest absolute Gasteiger partial charge is 0.185 e. The Kier molecular flexibility index (Phi) is 1.87. The predicted octanol–water partition coefficient (Wildman–Crippen LogP) is 1.04. The van der Waals surface area contributed by atoms with Crippen LogP contribution in [0.1, 0.15) is 11.5 Å². The Labute approximate surface area is 91.9 Å². The Morgan fingerprint density at radius 2 is 1.94 bits per heavy atom. The van der Waals surface area contributed by atoms with Gasteiger partial charge in [0, 0.05) is 10.8 Å². The monoisotopic (exact) mass is 213 g/mol. The molecule has 0 amide bonds. The molecule has 3 rings (SSSR count). The van der Waals surface area contributed by atoms with Crippen molar-refractivity contribution in [3.63, 3.8) is 0 Å². The highest BCUT2D eigenvalue weighted by atomic mass is 15.4. The molecule has 0 spiro atoms. The fourth-order valence-corrected chi connectivity index (χ4v) is 1.91. The summed E-state index contributed by atoms with van der Waals surface area (Å²) in [6, 6.07) is 8.04. The number of hydrogen-bond donors (Lipinski definition) is 1. The molecule has 80 valence electrons. The fourth-order valence-electron chi connectivity index (χ4n) is 1.91. The van der Waals surface area contributed by atoms with E-state index in [0.717, 1.165) is 22.1 Å². The zero-order valence-electron chi connectivity index (χ0n) is 8.88. The summed E-state index contributed by atoms with van der Waals surface area (Å²) >= 11 is 0. The lowest BCUT2D eigenvalue weighted by Gasteiger charge is -2.03. The molecule has 2 aromatic heterocycles. The van der Waals surface area contributed by atoms with Crippen molar-refractivity contribution in [3.8, 4) is 0 Å². The third-order valence-corrected chi connectivity index (χ3v) is 2.70. The number of aryl methyl sites for hydroxylation is 1. The topological polar surface area (TPSA) is 69.1 Å². The van der Waals surface area contributed by atoms with Crippen molar-refractivity contribution in [1.82, 2.24) is 19.8 Å². The number of fused-ring (bicyclic) bond motifs is 3. The van der Waals surface area contributed by atoms with Gasteiger partial charge in [0.2, 0.25) is 0 Å². The number of hydrogen-bond acceptors (Lipinski definition) is 4. The van der Waals surface area contributed by atoms with Crippen LogP contribution in [0.15, 0.2) is 24.3 Å². The van der Waals surface area contributed by atoms with Crippen LogP contribution in [0.5, 0.6) is 0 Å². The summed E-state index contributed by atoms with van der Waals surface area (Å²) in [6.45, 7) is 2.31. The average Bonchev–Trinajstić information content (AvgIpc) is 2.72. The summed E-state index contributed by atoms with van der Waals surface area (Å²) in [5, 5.41) is 14.8. The Morgan fingerprint density at radius 3 is 2.69 bits per heavy atom. The van der Waals surface area contributed by atoms with Crippen LogP contribution in [0.4, 0.5) is 0 Å². The van der Waals surface area contributed by atoms with Crippen molar-refractivity contribution in [2.75, 3.05) is 0 Å². The summed E-state index contributed by atoms with van der Waals surface area (Å²) in [6.07, 6.45) is 0. The minimum atomic E-state index is 0.339. The summed E-state index contributed by atoms with van der Waals surface area (Å²) in [5.41, 5.74) is 7.31. The van der Waals surface area contributed by atoms with E-state index in [1.54, 1.807) is 4.52 Å². The predicted molar refractivity (Wildman–Crippen MR) is 60.9 cm³/mol. The van der Waals surface area contributed by atoms with Crippen molar-refractivity contribution >= 4 is 16.4 Å². The molecule has 2 N–H and O–H groups in total. The summed E-state index contributed by atoms with van der Waals surface area (Å²) in [5.74, 6) is 0.684. The van der Waals surface area contributed by atoms with E-state index in [1.165, 1.54) is 0 Å². The van der Waals surface area contributed by atoms with Crippen LogP contribution < -0.4 is 5.73 Å². The Bertz CT molecular complexity index is 670. The van der Waals surface area contributed by atoms with Gasteiger partial charge in [-0.3, -0.25) is 0 Å². The van der Waals surface area contributed by atoms with E-state index in [9.17, 15) is 0 Å². The van der Waals surface area contributed by atoms with Gasteiger partial charge in [-0.15, -0.1) is 10.2 Å². The number of nitrogens with two attached hydrogens (primary N) is 1. The molecule has 5 nitrogen and oxygen atoms in total. The standard InChI is InChI=1S/C11H11N5/c1-7-8-4-2-3-5-9(8)11-14-13-10(6-12)16(11)15-7/h2-5H,6,12H2,1H3. The third kappa shape index (κ3) is 1.12. The number of benzene rings is 1. The zero-order chi connectivity index (χ0) is 11.1. The second kappa shape index (κ2) is 3.24. The fraction of sp³-hybridized carbons (Fsp3) is 0.182. The Balaban J connectivity index is 2.55. The molecule has 1 aromatic carbocycles. The highest BCUT2D eigenvalue weighted by molar-refractivity contribution is 5.94. The molecule has 0 aliphatic rings. The lowest BCUT2D eigenvalue weighted by molar-refractivity contribution is 0.800. The van der Waals surface area contributed by atoms with Crippen molar-refractivity contribution in [2.24, 2.45) is 5.73 Å². The second-order valence-electron chi connectivity index (χ2n) is 3.69. The van der Waals surface area contributed by atoms with Gasteiger partial charge >= 0.3 is 0 Å². The van der Waals surface area contributed by atoms with Gasteiger partial charge in [-0.2, -0.15) is 9.61 Å². The maximum absolute atomic E-state index is 5.59. The van der Waals surface area contributed by atoms with Crippen molar-refractivity contribution in [2.45, 2.75) is 13.5 Å². The molecule has 5 heteroatoms. The first-order chi connectivity index (χ1) is 7.81. The molecule has 16 heavy (non-hydrogen) atoms. The average molecular weight is 213 g/mol. The van der Waals surface area contributed by atoms with E-state index in [4.69, 9.17) is 5.73 Å². The van der Waals surface area contributed by atoms with Gasteiger partial charge in [0.25, 0.3) is 0 Å². The van der Waals surface area contributed by atoms with E-state index in [1.807, 2.05) is 31.2 Å². The van der Waals surface area contributed by atoms with E-state index in [-0.39, 0.29) is 0 Å². The van der Waals surface area contributed by atoms with Gasteiger partial charge in [0.05, 0.1) is 12.2 Å². The Morgan fingerprint density at radius 1 is 1.19 bits per heavy atom. The number of aromatic nitrogens is 4. The van der Waals surface area contributed by atoms with Gasteiger partial charge in [0.1, 0.15) is 0 Å². The lowest BCUT2D eigenvalue weighted by Crippen LogP contribution is -2.06. The van der Waals surface area contributed by atoms with E-state index in [2.05, 4.69) is 15.3 Å². The second-order valence-corrected chi connectivity index (χ2v) is 3.69. The number of nitrogens with zero attached hydrogens (tertiary/aromatic N) is 4. The zero-order valence-corrected chi connectivity index (χ0v) is 8.88. The van der Waals surface area contributed by atoms with E-state index < -0.39 is 0 Å². The van der Waals surface area contributed by atoms with E-state index in [0.29, 0.717) is 12.4 Å². The largest absolute Gasteiger partial charge is 0.324 e. The minimum Gasteiger partial charge on any atom is -0.324 e. The maximum atomic E-state index is 5.59. The molecule has 0 atom stereocenters. The molecule has 0 bridgehead atoms. The maximum Gasteiger partial charge on any atom is 0.185 e. The summed E-state index contributed by atoms with van der Waals surface area (Å²) < 4.78 is 1.72. The summed E-state index contributed by atoms with van der Waals surface area (Å²) in [4.78, 5) is 0. The normalized spacial score (nSPS) is 11.4. The Hall–Kier alpha value is -2.01. The van der Waals surface area contributed by atoms with Gasteiger partial charge in [-0.05, 0) is 6.92 Å². The van der Waals surface area contributed by atoms with Gasteiger partial charge in [0.15, 0.2) is 11.5 Å². The molecule has 0 saturated heterocycles. The molecule has 0 unspecified atom stereocenters. The van der Waals surface area contributed by atoms with Gasteiger partial charge in [-0.1, -0.05) is 24.3 Å². The molecule has 3 aromatic rings. The van der Waals surface area contributed by atoms with E-state index >= 15 is 0 Å². The quantitative estimate of drug-likeness (QED) is 0.655. The summed E-state index contributed by atoms with van der Waals surface area (Å²) in [7, 11) is 0. The van der Waals surface area contributed by atoms with Crippen LogP contribution in [0.2, 0.25) is 0 Å². The molecule has 0 saturated carbocycles. The molecule has 0 fully saturated rings. The van der Waals surface area contributed by atoms with Crippen LogP contribution in [0.25, 0.3) is 16.4 Å². The first-order valence-corrected chi connectivity index (χ1v) is 5.11. The lowest BCUT2D eigenvalue weighted by atomic mass is 10.1. The van der Waals surface area contributed by atoms with Crippen LogP contribution in [0, 0.1) is 6.92 Å². The van der Waals surface area contributed by atoms with Crippen molar-refractivity contribution in [1.29, 1.82) is 0 Å². The van der Waals surface area contributed by atoms with Crippen LogP contribution in [-0.4, -0.2) is 19.8 Å². The third-order valence-electron chi connectivity index (χ3n) is 2.70. The first kappa shape index (κ1) is 9.23. The number of rotatable bonds is 1. The van der Waals surface area contributed by atoms with Crippen LogP contribution in [-0.2, 0) is 6.54 Å². The van der Waals surface area contributed by atoms with Crippen LogP contribution >= 0.6 is 0 Å².